The van der Waals surface area contributed by atoms with Crippen LogP contribution in [0.2, 0.25) is 0 Å². The molecule has 3 N–H and O–H groups in total. The molecule has 132 valence electrons. The first kappa shape index (κ1) is 17.9. The molecule has 0 aliphatic carbocycles. The van der Waals surface area contributed by atoms with Crippen LogP contribution in [0, 0.1) is 0 Å². The third-order valence-corrected chi connectivity index (χ3v) is 3.31. The average Bonchev–Trinajstić information content (AvgIpc) is 2.61. The van der Waals surface area contributed by atoms with E-state index in [0.29, 0.717) is 28.6 Å². The molecule has 25 heavy (non-hydrogen) atoms. The van der Waals surface area contributed by atoms with Crippen molar-refractivity contribution in [3.05, 3.63) is 42.0 Å². The lowest BCUT2D eigenvalue weighted by atomic mass is 10.2. The van der Waals surface area contributed by atoms with Gasteiger partial charge in [-0.25, -0.2) is 9.59 Å². The number of nitrogens with one attached hydrogen (secondary N) is 2. The molecule has 0 unspecified atom stereocenters. The van der Waals surface area contributed by atoms with E-state index >= 15 is 0 Å². The van der Waals surface area contributed by atoms with Crippen LogP contribution in [-0.4, -0.2) is 38.4 Å². The summed E-state index contributed by atoms with van der Waals surface area (Å²) in [4.78, 5) is 22.9. The van der Waals surface area contributed by atoms with E-state index in [1.807, 2.05) is 0 Å². The monoisotopic (exact) mass is 346 g/mol. The van der Waals surface area contributed by atoms with Crippen LogP contribution in [-0.2, 0) is 0 Å². The van der Waals surface area contributed by atoms with Gasteiger partial charge in [0.05, 0.1) is 32.6 Å². The summed E-state index contributed by atoms with van der Waals surface area (Å²) in [5.41, 5.74) is 1.03. The number of carboxylic acids is 1. The lowest BCUT2D eigenvalue weighted by Gasteiger charge is -2.15. The van der Waals surface area contributed by atoms with Gasteiger partial charge in [-0.3, -0.25) is 0 Å². The molecule has 0 spiro atoms. The van der Waals surface area contributed by atoms with Gasteiger partial charge in [-0.05, 0) is 24.3 Å². The van der Waals surface area contributed by atoms with Crippen molar-refractivity contribution < 1.29 is 28.9 Å². The zero-order valence-electron chi connectivity index (χ0n) is 14.0. The van der Waals surface area contributed by atoms with Gasteiger partial charge in [-0.15, -0.1) is 0 Å². The number of ether oxygens (including phenoxy) is 3. The van der Waals surface area contributed by atoms with Crippen LogP contribution in [0.1, 0.15) is 10.4 Å². The molecule has 0 bridgehead atoms. The Balaban J connectivity index is 2.13. The molecule has 0 atom stereocenters. The van der Waals surface area contributed by atoms with E-state index in [2.05, 4.69) is 10.6 Å². The second-order valence-corrected chi connectivity index (χ2v) is 4.88. The molecule has 0 heterocycles. The second kappa shape index (κ2) is 7.91. The predicted molar refractivity (Wildman–Crippen MR) is 92.1 cm³/mol. The Kier molecular flexibility index (Phi) is 5.67. The average molecular weight is 346 g/mol. The SMILES string of the molecule is COc1cc(NC(=O)Nc2ccc(C(=O)O)cc2)cc(OC)c1OC. The largest absolute Gasteiger partial charge is 0.493 e. The van der Waals surface area contributed by atoms with Gasteiger partial charge in [0.2, 0.25) is 5.75 Å². The number of carbonyl (C=O) groups excluding carboxylic acids is 1. The van der Waals surface area contributed by atoms with Crippen LogP contribution in [0.5, 0.6) is 17.2 Å². The van der Waals surface area contributed by atoms with Crippen molar-refractivity contribution in [1.82, 2.24) is 0 Å². The van der Waals surface area contributed by atoms with Gasteiger partial charge in [0.15, 0.2) is 11.5 Å². The molecule has 8 heteroatoms. The minimum absolute atomic E-state index is 0.135. The van der Waals surface area contributed by atoms with Crippen molar-refractivity contribution in [3.8, 4) is 17.2 Å². The first-order chi connectivity index (χ1) is 12.0. The van der Waals surface area contributed by atoms with E-state index in [-0.39, 0.29) is 5.56 Å². The van der Waals surface area contributed by atoms with Crippen LogP contribution in [0.15, 0.2) is 36.4 Å². The molecule has 0 radical (unpaired) electrons. The standard InChI is InChI=1S/C17H18N2O6/c1-23-13-8-12(9-14(24-2)15(13)25-3)19-17(22)18-11-6-4-10(5-7-11)16(20)21/h4-9H,1-3H3,(H,20,21)(H2,18,19,22). The molecule has 0 aliphatic heterocycles. The van der Waals surface area contributed by atoms with Crippen LogP contribution < -0.4 is 24.8 Å². The molecule has 0 aliphatic rings. The number of hydrogen-bond donors (Lipinski definition) is 3. The van der Waals surface area contributed by atoms with E-state index < -0.39 is 12.0 Å². The lowest BCUT2D eigenvalue weighted by Crippen LogP contribution is -2.19. The molecular formula is C17H18N2O6. The van der Waals surface area contributed by atoms with Crippen molar-refractivity contribution in [1.29, 1.82) is 0 Å². The van der Waals surface area contributed by atoms with Crippen molar-refractivity contribution >= 4 is 23.4 Å². The first-order valence-electron chi connectivity index (χ1n) is 7.20. The molecule has 2 amide bonds. The summed E-state index contributed by atoms with van der Waals surface area (Å²) in [5.74, 6) is 0.194. The fourth-order valence-electron chi connectivity index (χ4n) is 2.14. The molecule has 0 saturated heterocycles. The van der Waals surface area contributed by atoms with E-state index in [9.17, 15) is 9.59 Å². The van der Waals surface area contributed by atoms with Gasteiger partial charge >= 0.3 is 12.0 Å². The topological polar surface area (TPSA) is 106 Å². The van der Waals surface area contributed by atoms with Gasteiger partial charge < -0.3 is 30.0 Å². The normalized spacial score (nSPS) is 9.88. The number of urea groups is 1. The number of carboxylic acid groups (broad SMARTS) is 1. The summed E-state index contributed by atoms with van der Waals surface area (Å²) >= 11 is 0. The zero-order chi connectivity index (χ0) is 18.4. The minimum atomic E-state index is -1.03. The van der Waals surface area contributed by atoms with Crippen LogP contribution in [0.4, 0.5) is 16.2 Å². The van der Waals surface area contributed by atoms with Gasteiger partial charge in [0, 0.05) is 17.8 Å². The number of benzene rings is 2. The fraction of sp³-hybridized carbons (Fsp3) is 0.176. The van der Waals surface area contributed by atoms with Crippen molar-refractivity contribution in [3.63, 3.8) is 0 Å². The Bertz CT molecular complexity index is 748. The lowest BCUT2D eigenvalue weighted by molar-refractivity contribution is 0.0697. The first-order valence-corrected chi connectivity index (χ1v) is 7.20. The smallest absolute Gasteiger partial charge is 0.335 e. The third kappa shape index (κ3) is 4.31. The number of methoxy groups -OCH3 is 3. The van der Waals surface area contributed by atoms with E-state index in [0.717, 1.165) is 0 Å². The van der Waals surface area contributed by atoms with Crippen molar-refractivity contribution in [2.24, 2.45) is 0 Å². The van der Waals surface area contributed by atoms with Gasteiger partial charge in [0.1, 0.15) is 0 Å². The molecule has 0 saturated carbocycles. The summed E-state index contributed by atoms with van der Waals surface area (Å²) in [6, 6.07) is 8.48. The highest BCUT2D eigenvalue weighted by Crippen LogP contribution is 2.39. The van der Waals surface area contributed by atoms with Crippen molar-refractivity contribution in [2.45, 2.75) is 0 Å². The molecule has 8 nitrogen and oxygen atoms in total. The van der Waals surface area contributed by atoms with E-state index in [1.165, 1.54) is 45.6 Å². The fourth-order valence-corrected chi connectivity index (χ4v) is 2.14. The summed E-state index contributed by atoms with van der Waals surface area (Å²) < 4.78 is 15.7. The van der Waals surface area contributed by atoms with Crippen LogP contribution in [0.3, 0.4) is 0 Å². The Labute approximate surface area is 144 Å². The molecule has 0 aromatic heterocycles. The number of hydrogen-bond acceptors (Lipinski definition) is 5. The van der Waals surface area contributed by atoms with E-state index in [4.69, 9.17) is 19.3 Å². The van der Waals surface area contributed by atoms with Gasteiger partial charge in [-0.1, -0.05) is 0 Å². The maximum atomic E-state index is 12.1. The number of amides is 2. The molecule has 2 aromatic carbocycles. The number of aromatic carboxylic acids is 1. The van der Waals surface area contributed by atoms with Gasteiger partial charge in [-0.2, -0.15) is 0 Å². The van der Waals surface area contributed by atoms with Gasteiger partial charge in [0.25, 0.3) is 0 Å². The van der Waals surface area contributed by atoms with Crippen molar-refractivity contribution in [2.75, 3.05) is 32.0 Å². The number of carbonyl (C=O) groups is 2. The van der Waals surface area contributed by atoms with Crippen LogP contribution in [0.25, 0.3) is 0 Å². The van der Waals surface area contributed by atoms with Crippen LogP contribution >= 0.6 is 0 Å². The number of rotatable bonds is 6. The number of anilines is 2. The highest BCUT2D eigenvalue weighted by Gasteiger charge is 2.14. The molecule has 0 fully saturated rings. The highest BCUT2D eigenvalue weighted by atomic mass is 16.5. The Hall–Kier alpha value is -3.42. The third-order valence-electron chi connectivity index (χ3n) is 3.31. The molecule has 2 aromatic rings. The molecular weight excluding hydrogens is 328 g/mol. The maximum absolute atomic E-state index is 12.1. The maximum Gasteiger partial charge on any atom is 0.335 e. The highest BCUT2D eigenvalue weighted by molar-refractivity contribution is 6.00. The minimum Gasteiger partial charge on any atom is -0.493 e. The zero-order valence-corrected chi connectivity index (χ0v) is 14.0. The molecule has 2 rings (SSSR count). The Morgan fingerprint density at radius 1 is 0.840 bits per heavy atom. The Morgan fingerprint density at radius 2 is 1.36 bits per heavy atom. The summed E-state index contributed by atoms with van der Waals surface area (Å²) in [5, 5.41) is 14.1. The second-order valence-electron chi connectivity index (χ2n) is 4.88. The summed E-state index contributed by atoms with van der Waals surface area (Å²) in [6.07, 6.45) is 0. The summed E-state index contributed by atoms with van der Waals surface area (Å²) in [6.45, 7) is 0. The predicted octanol–water partition coefficient (Wildman–Crippen LogP) is 3.05. The van der Waals surface area contributed by atoms with E-state index in [1.54, 1.807) is 12.1 Å². The summed E-state index contributed by atoms with van der Waals surface area (Å²) in [7, 11) is 4.44. The quantitative estimate of drug-likeness (QED) is 0.742. The Morgan fingerprint density at radius 3 is 1.80 bits per heavy atom.